The molecule has 0 radical (unpaired) electrons. The summed E-state index contributed by atoms with van der Waals surface area (Å²) in [4.78, 5) is 19.8. The van der Waals surface area contributed by atoms with Gasteiger partial charge in [0.15, 0.2) is 16.5 Å². The number of carbonyl (C=O) groups is 1. The quantitative estimate of drug-likeness (QED) is 0.660. The van der Waals surface area contributed by atoms with Crippen molar-refractivity contribution >= 4 is 22.2 Å². The van der Waals surface area contributed by atoms with Gasteiger partial charge >= 0.3 is 0 Å². The summed E-state index contributed by atoms with van der Waals surface area (Å²) < 4.78 is 18.4. The number of amides is 1. The number of hydrogen-bond donors (Lipinski definition) is 1. The van der Waals surface area contributed by atoms with Crippen LogP contribution in [0.3, 0.4) is 0 Å². The van der Waals surface area contributed by atoms with Gasteiger partial charge in [-0.15, -0.1) is 11.3 Å². The van der Waals surface area contributed by atoms with E-state index in [1.54, 1.807) is 37.3 Å². The Balaban J connectivity index is 1.42. The smallest absolute Gasteiger partial charge is 0.228 e. The number of thiazole rings is 1. The molecule has 2 atom stereocenters. The SMILES string of the molecule is COc1ccc(O[C@@H]2CN(C(=O)Cc3cn4ccsc4n3)CC[C@H]2O)cc1OC. The summed E-state index contributed by atoms with van der Waals surface area (Å²) in [6.07, 6.45) is 3.32. The molecule has 0 spiro atoms. The van der Waals surface area contributed by atoms with Crippen molar-refractivity contribution in [1.82, 2.24) is 14.3 Å². The first-order valence-corrected chi connectivity index (χ1v) is 10.2. The van der Waals surface area contributed by atoms with Crippen LogP contribution >= 0.6 is 11.3 Å². The van der Waals surface area contributed by atoms with Crippen molar-refractivity contribution in [2.45, 2.75) is 25.0 Å². The molecule has 0 saturated carbocycles. The lowest BCUT2D eigenvalue weighted by Crippen LogP contribution is -2.51. The maximum Gasteiger partial charge on any atom is 0.228 e. The summed E-state index contributed by atoms with van der Waals surface area (Å²) in [5.41, 5.74) is 0.741. The topological polar surface area (TPSA) is 85.5 Å². The molecule has 1 aliphatic heterocycles. The van der Waals surface area contributed by atoms with Crippen LogP contribution in [0.2, 0.25) is 0 Å². The van der Waals surface area contributed by atoms with Crippen molar-refractivity contribution in [1.29, 1.82) is 0 Å². The van der Waals surface area contributed by atoms with Crippen molar-refractivity contribution in [2.24, 2.45) is 0 Å². The fourth-order valence-corrected chi connectivity index (χ4v) is 4.16. The predicted octanol–water partition coefficient (Wildman–Crippen LogP) is 2.00. The number of fused-ring (bicyclic) bond motifs is 1. The number of benzene rings is 1. The van der Waals surface area contributed by atoms with Gasteiger partial charge in [0.25, 0.3) is 0 Å². The van der Waals surface area contributed by atoms with Gasteiger partial charge in [-0.1, -0.05) is 0 Å². The van der Waals surface area contributed by atoms with Crippen LogP contribution in [0.15, 0.2) is 36.0 Å². The average molecular weight is 417 g/mol. The Labute approximate surface area is 172 Å². The molecule has 1 saturated heterocycles. The molecule has 4 rings (SSSR count). The van der Waals surface area contributed by atoms with Crippen LogP contribution in [0.4, 0.5) is 0 Å². The van der Waals surface area contributed by atoms with Gasteiger partial charge in [0.1, 0.15) is 11.9 Å². The van der Waals surface area contributed by atoms with Crippen LogP contribution in [0, 0.1) is 0 Å². The highest BCUT2D eigenvalue weighted by Crippen LogP contribution is 2.32. The Morgan fingerprint density at radius 3 is 2.90 bits per heavy atom. The second kappa shape index (κ2) is 8.30. The number of carbonyl (C=O) groups excluding carboxylic acids is 1. The Morgan fingerprint density at radius 1 is 1.31 bits per heavy atom. The van der Waals surface area contributed by atoms with E-state index in [0.717, 1.165) is 10.7 Å². The number of ether oxygens (including phenoxy) is 3. The third-order valence-electron chi connectivity index (χ3n) is 4.99. The first kappa shape index (κ1) is 19.5. The summed E-state index contributed by atoms with van der Waals surface area (Å²) in [5.74, 6) is 1.67. The standard InChI is InChI=1S/C20H23N3O5S/c1-26-16-4-3-14(10-17(16)27-2)28-18-12-22(6-5-15(18)24)19(25)9-13-11-23-7-8-29-20(23)21-13/h3-4,7-8,10-11,15,18,24H,5-6,9,12H2,1-2H3/t15-,18-/m1/s1. The molecule has 9 heteroatoms. The lowest BCUT2D eigenvalue weighted by Gasteiger charge is -2.36. The molecule has 3 heterocycles. The fourth-order valence-electron chi connectivity index (χ4n) is 3.44. The summed E-state index contributed by atoms with van der Waals surface area (Å²) in [5, 5.41) is 12.3. The van der Waals surface area contributed by atoms with E-state index < -0.39 is 12.2 Å². The van der Waals surface area contributed by atoms with Crippen molar-refractivity contribution in [3.05, 3.63) is 41.7 Å². The van der Waals surface area contributed by atoms with Gasteiger partial charge in [0.05, 0.1) is 39.0 Å². The van der Waals surface area contributed by atoms with E-state index >= 15 is 0 Å². The number of piperidine rings is 1. The largest absolute Gasteiger partial charge is 0.493 e. The molecule has 1 amide bonds. The van der Waals surface area contributed by atoms with E-state index in [2.05, 4.69) is 4.98 Å². The van der Waals surface area contributed by atoms with Crippen LogP contribution in [0.25, 0.3) is 4.96 Å². The van der Waals surface area contributed by atoms with Crippen molar-refractivity contribution in [3.8, 4) is 17.2 Å². The molecule has 2 aromatic heterocycles. The summed E-state index contributed by atoms with van der Waals surface area (Å²) in [6, 6.07) is 5.22. The Bertz CT molecular complexity index is 973. The number of likely N-dealkylation sites (tertiary alicyclic amines) is 1. The second-order valence-corrected chi connectivity index (χ2v) is 7.74. The predicted molar refractivity (Wildman–Crippen MR) is 108 cm³/mol. The molecular weight excluding hydrogens is 394 g/mol. The minimum absolute atomic E-state index is 0.0245. The lowest BCUT2D eigenvalue weighted by molar-refractivity contribution is -0.136. The molecule has 1 aromatic carbocycles. The number of nitrogens with zero attached hydrogens (tertiary/aromatic N) is 3. The fraction of sp³-hybridized carbons (Fsp3) is 0.400. The summed E-state index contributed by atoms with van der Waals surface area (Å²) in [7, 11) is 3.12. The normalized spacial score (nSPS) is 19.3. The maximum atomic E-state index is 12.8. The molecular formula is C20H23N3O5S. The monoisotopic (exact) mass is 417 g/mol. The van der Waals surface area contributed by atoms with Gasteiger partial charge in [0.2, 0.25) is 5.91 Å². The van der Waals surface area contributed by atoms with Crippen LogP contribution in [-0.2, 0) is 11.2 Å². The molecule has 1 aliphatic rings. The van der Waals surface area contributed by atoms with E-state index in [9.17, 15) is 9.90 Å². The number of aliphatic hydroxyl groups excluding tert-OH is 1. The van der Waals surface area contributed by atoms with Gasteiger partial charge in [-0.05, 0) is 18.6 Å². The molecule has 0 bridgehead atoms. The minimum Gasteiger partial charge on any atom is -0.493 e. The van der Waals surface area contributed by atoms with Gasteiger partial charge in [0, 0.05) is 30.4 Å². The average Bonchev–Trinajstić information content (AvgIpc) is 3.31. The first-order valence-electron chi connectivity index (χ1n) is 9.33. The second-order valence-electron chi connectivity index (χ2n) is 6.87. The van der Waals surface area contributed by atoms with E-state index in [1.165, 1.54) is 11.3 Å². The minimum atomic E-state index is -0.648. The summed E-state index contributed by atoms with van der Waals surface area (Å²) >= 11 is 1.53. The first-order chi connectivity index (χ1) is 14.1. The molecule has 154 valence electrons. The third-order valence-corrected chi connectivity index (χ3v) is 5.77. The van der Waals surface area contributed by atoms with Crippen LogP contribution in [0.5, 0.6) is 17.2 Å². The number of rotatable bonds is 6. The number of methoxy groups -OCH3 is 2. The van der Waals surface area contributed by atoms with E-state index in [1.807, 2.05) is 22.2 Å². The van der Waals surface area contributed by atoms with E-state index in [0.29, 0.717) is 36.8 Å². The van der Waals surface area contributed by atoms with Crippen LogP contribution in [0.1, 0.15) is 12.1 Å². The number of aliphatic hydroxyl groups is 1. The van der Waals surface area contributed by atoms with Crippen molar-refractivity contribution in [3.63, 3.8) is 0 Å². The highest BCUT2D eigenvalue weighted by molar-refractivity contribution is 7.15. The number of imidazole rings is 1. The summed E-state index contributed by atoms with van der Waals surface area (Å²) in [6.45, 7) is 0.810. The van der Waals surface area contributed by atoms with E-state index in [4.69, 9.17) is 14.2 Å². The highest BCUT2D eigenvalue weighted by Gasteiger charge is 2.32. The van der Waals surface area contributed by atoms with Crippen LogP contribution < -0.4 is 14.2 Å². The van der Waals surface area contributed by atoms with Gasteiger partial charge in [-0.25, -0.2) is 4.98 Å². The zero-order valence-corrected chi connectivity index (χ0v) is 17.1. The molecule has 0 aliphatic carbocycles. The molecule has 8 nitrogen and oxygen atoms in total. The Kier molecular flexibility index (Phi) is 5.59. The molecule has 1 N–H and O–H groups in total. The Hall–Kier alpha value is -2.78. The molecule has 0 unspecified atom stereocenters. The van der Waals surface area contributed by atoms with Crippen molar-refractivity contribution in [2.75, 3.05) is 27.3 Å². The van der Waals surface area contributed by atoms with E-state index in [-0.39, 0.29) is 12.3 Å². The lowest BCUT2D eigenvalue weighted by atomic mass is 10.0. The zero-order valence-electron chi connectivity index (χ0n) is 16.3. The third kappa shape index (κ3) is 4.15. The number of hydrogen-bond acceptors (Lipinski definition) is 7. The Morgan fingerprint density at radius 2 is 2.14 bits per heavy atom. The van der Waals surface area contributed by atoms with Gasteiger partial charge in [-0.3, -0.25) is 9.20 Å². The molecule has 29 heavy (non-hydrogen) atoms. The van der Waals surface area contributed by atoms with Crippen molar-refractivity contribution < 1.29 is 24.1 Å². The molecule has 1 fully saturated rings. The molecule has 3 aromatic rings. The highest BCUT2D eigenvalue weighted by atomic mass is 32.1. The number of aromatic nitrogens is 2. The maximum absolute atomic E-state index is 12.8. The van der Waals surface area contributed by atoms with Gasteiger partial charge < -0.3 is 24.2 Å². The zero-order chi connectivity index (χ0) is 20.4. The van der Waals surface area contributed by atoms with Gasteiger partial charge in [-0.2, -0.15) is 0 Å². The van der Waals surface area contributed by atoms with Crippen LogP contribution in [-0.4, -0.2) is 64.8 Å².